The molecule has 44 heavy (non-hydrogen) atoms. The number of hydrogen-bond acceptors (Lipinski definition) is 5. The van der Waals surface area contributed by atoms with E-state index in [1.54, 1.807) is 11.8 Å². The van der Waals surface area contributed by atoms with Crippen LogP contribution in [0.15, 0.2) is 78.0 Å². The SMILES string of the molecule is Cc1cccc(C)c1N1CCS/C1=N\C(=O)NC(C)CCCc1ccc(-c2ncn(-c3ccc(OC(F)(F)F)cc3)n2)cc1. The first-order chi connectivity index (χ1) is 21.1. The molecule has 230 valence electrons. The van der Waals surface area contributed by atoms with Gasteiger partial charge in [0.15, 0.2) is 11.0 Å². The molecule has 1 aliphatic heterocycles. The van der Waals surface area contributed by atoms with Crippen LogP contribution in [0.1, 0.15) is 36.5 Å². The third-order valence-electron chi connectivity index (χ3n) is 7.19. The Morgan fingerprint density at radius 3 is 2.45 bits per heavy atom. The Labute approximate surface area is 258 Å². The van der Waals surface area contributed by atoms with Gasteiger partial charge in [0.1, 0.15) is 12.1 Å². The van der Waals surface area contributed by atoms with E-state index >= 15 is 0 Å². The summed E-state index contributed by atoms with van der Waals surface area (Å²) < 4.78 is 42.6. The van der Waals surface area contributed by atoms with Crippen molar-refractivity contribution in [1.82, 2.24) is 20.1 Å². The zero-order chi connectivity index (χ0) is 31.3. The minimum absolute atomic E-state index is 0.0200. The number of benzene rings is 3. The molecule has 2 heterocycles. The van der Waals surface area contributed by atoms with Gasteiger partial charge in [0, 0.05) is 29.6 Å². The molecule has 0 aliphatic carbocycles. The lowest BCUT2D eigenvalue weighted by Crippen LogP contribution is -2.33. The standard InChI is InChI=1S/C32H33F3N6O2S/c1-21-6-4-7-22(2)28(21)40-18-19-44-31(40)38-30(42)37-23(3)8-5-9-24-10-12-25(13-11-24)29-36-20-41(39-29)26-14-16-27(17-15-26)43-32(33,34)35/h4,6-7,10-17,20,23H,5,8-9,18-19H2,1-3H3,(H,37,42)/b38-31-. The maximum absolute atomic E-state index is 12.7. The summed E-state index contributed by atoms with van der Waals surface area (Å²) in [7, 11) is 0. The number of hydrogen-bond donors (Lipinski definition) is 1. The van der Waals surface area contributed by atoms with Crippen LogP contribution in [0.2, 0.25) is 0 Å². The maximum Gasteiger partial charge on any atom is 0.573 e. The zero-order valence-electron chi connectivity index (χ0n) is 24.6. The smallest absolute Gasteiger partial charge is 0.406 e. The Hall–Kier alpha value is -4.32. The van der Waals surface area contributed by atoms with Gasteiger partial charge in [-0.05, 0) is 81.0 Å². The molecule has 1 aromatic heterocycles. The van der Waals surface area contributed by atoms with Crippen LogP contribution >= 0.6 is 11.8 Å². The first-order valence-corrected chi connectivity index (χ1v) is 15.3. The van der Waals surface area contributed by atoms with Gasteiger partial charge >= 0.3 is 12.4 Å². The Bertz CT molecular complexity index is 1600. The van der Waals surface area contributed by atoms with Crippen LogP contribution in [-0.2, 0) is 6.42 Å². The van der Waals surface area contributed by atoms with E-state index < -0.39 is 6.36 Å². The highest BCUT2D eigenvalue weighted by molar-refractivity contribution is 8.14. The average molecular weight is 623 g/mol. The summed E-state index contributed by atoms with van der Waals surface area (Å²) in [6.45, 7) is 6.97. The number of nitrogens with zero attached hydrogens (tertiary/aromatic N) is 5. The van der Waals surface area contributed by atoms with E-state index in [1.807, 2.05) is 37.3 Å². The van der Waals surface area contributed by atoms with Crippen LogP contribution in [0.25, 0.3) is 17.1 Å². The van der Waals surface area contributed by atoms with Crippen molar-refractivity contribution in [3.05, 3.63) is 89.7 Å². The number of urea groups is 1. The van der Waals surface area contributed by atoms with Gasteiger partial charge in [-0.15, -0.1) is 18.3 Å². The van der Waals surface area contributed by atoms with Gasteiger partial charge in [0.25, 0.3) is 0 Å². The molecule has 4 aromatic rings. The van der Waals surface area contributed by atoms with Gasteiger partial charge in [-0.25, -0.2) is 14.5 Å². The van der Waals surface area contributed by atoms with Crippen LogP contribution in [-0.4, -0.2) is 50.7 Å². The summed E-state index contributed by atoms with van der Waals surface area (Å²) >= 11 is 1.60. The number of carbonyl (C=O) groups excluding carboxylic acids is 1. The predicted octanol–water partition coefficient (Wildman–Crippen LogP) is 7.48. The van der Waals surface area contributed by atoms with E-state index in [2.05, 4.69) is 56.0 Å². The lowest BCUT2D eigenvalue weighted by molar-refractivity contribution is -0.274. The number of amidine groups is 1. The molecule has 1 saturated heterocycles. The number of anilines is 1. The number of nitrogens with one attached hydrogen (secondary N) is 1. The van der Waals surface area contributed by atoms with E-state index in [-0.39, 0.29) is 17.8 Å². The topological polar surface area (TPSA) is 84.6 Å². The number of alkyl halides is 3. The highest BCUT2D eigenvalue weighted by atomic mass is 32.2. The number of para-hydroxylation sites is 1. The monoisotopic (exact) mass is 622 g/mol. The van der Waals surface area contributed by atoms with Gasteiger partial charge in [-0.2, -0.15) is 4.99 Å². The molecule has 12 heteroatoms. The fourth-order valence-electron chi connectivity index (χ4n) is 5.09. The largest absolute Gasteiger partial charge is 0.573 e. The van der Waals surface area contributed by atoms with Crippen LogP contribution in [0, 0.1) is 13.8 Å². The summed E-state index contributed by atoms with van der Waals surface area (Å²) in [6, 6.07) is 19.2. The molecule has 1 atom stereocenters. The van der Waals surface area contributed by atoms with Crippen molar-refractivity contribution in [3.8, 4) is 22.8 Å². The zero-order valence-corrected chi connectivity index (χ0v) is 25.5. The summed E-state index contributed by atoms with van der Waals surface area (Å²) in [5.41, 5.74) is 5.99. The van der Waals surface area contributed by atoms with Gasteiger partial charge in [-0.1, -0.05) is 54.2 Å². The second-order valence-electron chi connectivity index (χ2n) is 10.6. The summed E-state index contributed by atoms with van der Waals surface area (Å²) in [5, 5.41) is 8.20. The minimum Gasteiger partial charge on any atom is -0.406 e. The van der Waals surface area contributed by atoms with Crippen molar-refractivity contribution < 1.29 is 22.7 Å². The molecule has 1 N–H and O–H groups in total. The van der Waals surface area contributed by atoms with E-state index in [4.69, 9.17) is 0 Å². The molecule has 0 radical (unpaired) electrons. The van der Waals surface area contributed by atoms with Crippen LogP contribution in [0.4, 0.5) is 23.7 Å². The molecule has 0 spiro atoms. The Balaban J connectivity index is 1.10. The van der Waals surface area contributed by atoms with Crippen molar-refractivity contribution in [2.75, 3.05) is 17.2 Å². The third kappa shape index (κ3) is 7.98. The third-order valence-corrected chi connectivity index (χ3v) is 8.15. The number of ether oxygens (including phenoxy) is 1. The highest BCUT2D eigenvalue weighted by Gasteiger charge is 2.31. The number of rotatable bonds is 9. The van der Waals surface area contributed by atoms with E-state index in [0.717, 1.165) is 53.5 Å². The second kappa shape index (κ2) is 13.5. The van der Waals surface area contributed by atoms with Crippen molar-refractivity contribution in [2.24, 2.45) is 4.99 Å². The van der Waals surface area contributed by atoms with E-state index in [1.165, 1.54) is 46.4 Å². The van der Waals surface area contributed by atoms with Crippen molar-refractivity contribution in [3.63, 3.8) is 0 Å². The van der Waals surface area contributed by atoms with Crippen LogP contribution in [0.3, 0.4) is 0 Å². The number of aliphatic imine (C=N–C) groups is 1. The molecule has 5 rings (SSSR count). The molecule has 0 saturated carbocycles. The van der Waals surface area contributed by atoms with Crippen molar-refractivity contribution in [2.45, 2.75) is 52.4 Å². The molecule has 1 aliphatic rings. The summed E-state index contributed by atoms with van der Waals surface area (Å²) in [4.78, 5) is 23.6. The molecule has 0 bridgehead atoms. The molecule has 2 amide bonds. The fourth-order valence-corrected chi connectivity index (χ4v) is 6.03. The number of aromatic nitrogens is 3. The lowest BCUT2D eigenvalue weighted by Gasteiger charge is -2.22. The molecule has 3 aromatic carbocycles. The molecular formula is C32H33F3N6O2S. The van der Waals surface area contributed by atoms with Crippen molar-refractivity contribution >= 4 is 28.6 Å². The lowest BCUT2D eigenvalue weighted by atomic mass is 10.0. The number of thioether (sulfide) groups is 1. The average Bonchev–Trinajstić information content (AvgIpc) is 3.63. The van der Waals surface area contributed by atoms with E-state index in [0.29, 0.717) is 11.5 Å². The fraction of sp³-hybridized carbons (Fsp3) is 0.312. The van der Waals surface area contributed by atoms with Gasteiger partial charge in [-0.3, -0.25) is 0 Å². The van der Waals surface area contributed by atoms with E-state index in [9.17, 15) is 18.0 Å². The van der Waals surface area contributed by atoms with Gasteiger partial charge in [0.2, 0.25) is 0 Å². The number of aryl methyl sites for hydroxylation is 3. The first-order valence-electron chi connectivity index (χ1n) is 14.3. The normalized spacial score (nSPS) is 15.0. The Morgan fingerprint density at radius 2 is 1.77 bits per heavy atom. The maximum atomic E-state index is 12.7. The van der Waals surface area contributed by atoms with Crippen molar-refractivity contribution in [1.29, 1.82) is 0 Å². The summed E-state index contributed by atoms with van der Waals surface area (Å²) in [5.74, 6) is 1.09. The predicted molar refractivity (Wildman–Crippen MR) is 168 cm³/mol. The molecular weight excluding hydrogens is 589 g/mol. The van der Waals surface area contributed by atoms with Gasteiger partial charge < -0.3 is 15.0 Å². The molecule has 8 nitrogen and oxygen atoms in total. The Kier molecular flexibility index (Phi) is 9.58. The quantitative estimate of drug-likeness (QED) is 0.208. The number of carbonyl (C=O) groups is 1. The second-order valence-corrected chi connectivity index (χ2v) is 11.7. The Morgan fingerprint density at radius 1 is 1.07 bits per heavy atom. The van der Waals surface area contributed by atoms with Crippen LogP contribution < -0.4 is 15.0 Å². The summed E-state index contributed by atoms with van der Waals surface area (Å²) in [6.07, 6.45) is -0.682. The van der Waals surface area contributed by atoms with Crippen LogP contribution in [0.5, 0.6) is 5.75 Å². The highest BCUT2D eigenvalue weighted by Crippen LogP contribution is 2.31. The first kappa shape index (κ1) is 31.1. The minimum atomic E-state index is -4.74. The molecule has 1 unspecified atom stereocenters. The van der Waals surface area contributed by atoms with Gasteiger partial charge in [0.05, 0.1) is 5.69 Å². The number of amides is 2. The number of halogens is 3. The molecule has 1 fully saturated rings.